The molecule has 1 aromatic carbocycles. The van der Waals surface area contributed by atoms with E-state index >= 15 is 0 Å². The topological polar surface area (TPSA) is 43.8 Å². The highest BCUT2D eigenvalue weighted by Gasteiger charge is 2.32. The van der Waals surface area contributed by atoms with Gasteiger partial charge in [-0.2, -0.15) is 0 Å². The van der Waals surface area contributed by atoms with Gasteiger partial charge in [0, 0.05) is 37.8 Å². The highest BCUT2D eigenvalue weighted by atomic mass is 19.2. The number of carbonyl (C=O) groups is 1. The monoisotopic (exact) mass is 288 g/mol. The van der Waals surface area contributed by atoms with Crippen molar-refractivity contribution >= 4 is 5.97 Å². The van der Waals surface area contributed by atoms with E-state index in [4.69, 9.17) is 0 Å². The third-order valence-corrected chi connectivity index (χ3v) is 3.47. The first kappa shape index (κ1) is 14.8. The lowest BCUT2D eigenvalue weighted by Crippen LogP contribution is -2.48. The van der Waals surface area contributed by atoms with Crippen molar-refractivity contribution in [2.75, 3.05) is 33.2 Å². The van der Waals surface area contributed by atoms with Gasteiger partial charge in [-0.1, -0.05) is 0 Å². The number of carboxylic acids is 1. The first-order valence-corrected chi connectivity index (χ1v) is 6.20. The van der Waals surface area contributed by atoms with Gasteiger partial charge in [-0.3, -0.25) is 9.69 Å². The molecule has 0 bridgehead atoms. The molecule has 0 spiro atoms. The Labute approximate surface area is 114 Å². The number of aliphatic carboxylic acids is 1. The van der Waals surface area contributed by atoms with Crippen LogP contribution in [0.25, 0.3) is 0 Å². The third-order valence-electron chi connectivity index (χ3n) is 3.47. The smallest absolute Gasteiger partial charge is 0.325 e. The minimum absolute atomic E-state index is 0.346. The lowest BCUT2D eigenvalue weighted by molar-refractivity contribution is -0.144. The molecule has 0 saturated carbocycles. The lowest BCUT2D eigenvalue weighted by Gasteiger charge is -2.36. The number of carboxylic acid groups (broad SMARTS) is 1. The van der Waals surface area contributed by atoms with Gasteiger partial charge in [0.2, 0.25) is 0 Å². The van der Waals surface area contributed by atoms with Crippen LogP contribution >= 0.6 is 0 Å². The lowest BCUT2D eigenvalue weighted by atomic mass is 10.0. The highest BCUT2D eigenvalue weighted by Crippen LogP contribution is 2.26. The first-order valence-electron chi connectivity index (χ1n) is 6.20. The van der Waals surface area contributed by atoms with Crippen LogP contribution in [0.1, 0.15) is 11.6 Å². The molecule has 1 heterocycles. The molecule has 0 amide bonds. The summed E-state index contributed by atoms with van der Waals surface area (Å²) in [7, 11) is 1.89. The Morgan fingerprint density at radius 3 is 2.20 bits per heavy atom. The zero-order valence-corrected chi connectivity index (χ0v) is 10.9. The summed E-state index contributed by atoms with van der Waals surface area (Å²) in [6.45, 7) is 2.11. The summed E-state index contributed by atoms with van der Waals surface area (Å²) < 4.78 is 40.0. The van der Waals surface area contributed by atoms with Gasteiger partial charge in [0.1, 0.15) is 11.9 Å². The van der Waals surface area contributed by atoms with Crippen LogP contribution in [0.4, 0.5) is 13.2 Å². The largest absolute Gasteiger partial charge is 0.480 e. The fourth-order valence-corrected chi connectivity index (χ4v) is 2.31. The second kappa shape index (κ2) is 5.80. The summed E-state index contributed by atoms with van der Waals surface area (Å²) in [6.07, 6.45) is 0. The molecule has 1 N–H and O–H groups in total. The van der Waals surface area contributed by atoms with E-state index in [0.717, 1.165) is 0 Å². The minimum atomic E-state index is -1.33. The van der Waals surface area contributed by atoms with Crippen molar-refractivity contribution in [1.82, 2.24) is 9.80 Å². The molecular weight excluding hydrogens is 273 g/mol. The fraction of sp³-hybridized carbons (Fsp3) is 0.462. The quantitative estimate of drug-likeness (QED) is 0.856. The summed E-state index contributed by atoms with van der Waals surface area (Å²) in [5, 5.41) is 9.29. The number of benzene rings is 1. The molecule has 4 nitrogen and oxygen atoms in total. The van der Waals surface area contributed by atoms with Crippen molar-refractivity contribution < 1.29 is 23.1 Å². The molecule has 0 aromatic heterocycles. The number of likely N-dealkylation sites (N-methyl/N-ethyl adjacent to an activating group) is 1. The van der Waals surface area contributed by atoms with E-state index in [0.29, 0.717) is 38.3 Å². The van der Waals surface area contributed by atoms with Crippen LogP contribution in [0.5, 0.6) is 0 Å². The average Bonchev–Trinajstić information content (AvgIpc) is 2.38. The molecule has 0 radical (unpaired) electrons. The number of rotatable bonds is 3. The molecule has 2 rings (SSSR count). The van der Waals surface area contributed by atoms with Gasteiger partial charge >= 0.3 is 5.97 Å². The van der Waals surface area contributed by atoms with E-state index in [1.54, 1.807) is 4.90 Å². The van der Waals surface area contributed by atoms with Gasteiger partial charge in [0.05, 0.1) is 0 Å². The van der Waals surface area contributed by atoms with Crippen LogP contribution in [0.15, 0.2) is 12.1 Å². The van der Waals surface area contributed by atoms with E-state index in [9.17, 15) is 23.1 Å². The maximum absolute atomic E-state index is 13.8. The Hall–Kier alpha value is -1.60. The van der Waals surface area contributed by atoms with E-state index in [-0.39, 0.29) is 5.56 Å². The van der Waals surface area contributed by atoms with E-state index in [1.165, 1.54) is 0 Å². The molecule has 1 fully saturated rings. The SMILES string of the molecule is CN1CCN(C(C(=O)O)c2cc(F)c(F)cc2F)CC1. The van der Waals surface area contributed by atoms with E-state index in [1.807, 2.05) is 11.9 Å². The van der Waals surface area contributed by atoms with Crippen molar-refractivity contribution in [2.45, 2.75) is 6.04 Å². The van der Waals surface area contributed by atoms with Gasteiger partial charge in [-0.15, -0.1) is 0 Å². The molecule has 1 unspecified atom stereocenters. The molecule has 1 aliphatic heterocycles. The van der Waals surface area contributed by atoms with E-state index < -0.39 is 29.5 Å². The molecule has 20 heavy (non-hydrogen) atoms. The Bertz CT molecular complexity index is 517. The Balaban J connectivity index is 2.34. The maximum atomic E-state index is 13.8. The Kier molecular flexibility index (Phi) is 4.29. The van der Waals surface area contributed by atoms with Crippen LogP contribution in [0.2, 0.25) is 0 Å². The van der Waals surface area contributed by atoms with Crippen molar-refractivity contribution in [2.24, 2.45) is 0 Å². The third kappa shape index (κ3) is 2.94. The summed E-state index contributed by atoms with van der Waals surface area (Å²) in [5.74, 6) is -4.90. The molecule has 0 aliphatic carbocycles. The standard InChI is InChI=1S/C13H15F3N2O2/c1-17-2-4-18(5-3-17)12(13(19)20)8-6-10(15)11(16)7-9(8)14/h6-7,12H,2-5H2,1H3,(H,19,20). The first-order chi connectivity index (χ1) is 9.40. The number of nitrogens with zero attached hydrogens (tertiary/aromatic N) is 2. The zero-order chi connectivity index (χ0) is 14.9. The minimum Gasteiger partial charge on any atom is -0.480 e. The molecular formula is C13H15F3N2O2. The number of hydrogen-bond acceptors (Lipinski definition) is 3. The molecule has 1 atom stereocenters. The summed E-state index contributed by atoms with van der Waals surface area (Å²) >= 11 is 0. The van der Waals surface area contributed by atoms with Crippen molar-refractivity contribution in [1.29, 1.82) is 0 Å². The van der Waals surface area contributed by atoms with Crippen molar-refractivity contribution in [3.8, 4) is 0 Å². The Morgan fingerprint density at radius 2 is 1.65 bits per heavy atom. The fourth-order valence-electron chi connectivity index (χ4n) is 2.31. The molecule has 110 valence electrons. The summed E-state index contributed by atoms with van der Waals surface area (Å²) in [6, 6.07) is -0.294. The van der Waals surface area contributed by atoms with Gasteiger partial charge < -0.3 is 10.0 Å². The normalized spacial score (nSPS) is 19.0. The molecule has 1 saturated heterocycles. The highest BCUT2D eigenvalue weighted by molar-refractivity contribution is 5.75. The summed E-state index contributed by atoms with van der Waals surface area (Å²) in [4.78, 5) is 15.0. The Morgan fingerprint density at radius 1 is 1.10 bits per heavy atom. The van der Waals surface area contributed by atoms with Crippen LogP contribution in [0, 0.1) is 17.5 Å². The molecule has 7 heteroatoms. The number of piperazine rings is 1. The predicted octanol–water partition coefficient (Wildman–Crippen LogP) is 1.48. The van der Waals surface area contributed by atoms with Crippen molar-refractivity contribution in [3.05, 3.63) is 35.1 Å². The van der Waals surface area contributed by atoms with Gasteiger partial charge in [-0.05, 0) is 13.1 Å². The average molecular weight is 288 g/mol. The predicted molar refractivity (Wildman–Crippen MR) is 65.8 cm³/mol. The summed E-state index contributed by atoms with van der Waals surface area (Å²) in [5.41, 5.74) is -0.346. The van der Waals surface area contributed by atoms with Gasteiger partial charge in [-0.25, -0.2) is 13.2 Å². The van der Waals surface area contributed by atoms with Crippen LogP contribution in [-0.2, 0) is 4.79 Å². The van der Waals surface area contributed by atoms with E-state index in [2.05, 4.69) is 0 Å². The van der Waals surface area contributed by atoms with Gasteiger partial charge in [0.25, 0.3) is 0 Å². The maximum Gasteiger partial charge on any atom is 0.325 e. The molecule has 1 aliphatic rings. The second-order valence-corrected chi connectivity index (χ2v) is 4.87. The van der Waals surface area contributed by atoms with Gasteiger partial charge in [0.15, 0.2) is 11.6 Å². The van der Waals surface area contributed by atoms with Crippen LogP contribution in [0.3, 0.4) is 0 Å². The molecule has 1 aromatic rings. The number of halogens is 3. The van der Waals surface area contributed by atoms with Crippen LogP contribution in [-0.4, -0.2) is 54.1 Å². The second-order valence-electron chi connectivity index (χ2n) is 4.87. The zero-order valence-electron chi connectivity index (χ0n) is 10.9. The van der Waals surface area contributed by atoms with Crippen LogP contribution < -0.4 is 0 Å². The van der Waals surface area contributed by atoms with Crippen molar-refractivity contribution in [3.63, 3.8) is 0 Å². The number of hydrogen-bond donors (Lipinski definition) is 1.